The average molecular weight is 232 g/mol. The van der Waals surface area contributed by atoms with Gasteiger partial charge < -0.3 is 10.6 Å². The van der Waals surface area contributed by atoms with Crippen LogP contribution in [-0.2, 0) is 4.79 Å². The van der Waals surface area contributed by atoms with E-state index in [1.807, 2.05) is 31.2 Å². The summed E-state index contributed by atoms with van der Waals surface area (Å²) in [5.41, 5.74) is 1.99. The van der Waals surface area contributed by atoms with E-state index in [0.717, 1.165) is 17.2 Å². The van der Waals surface area contributed by atoms with Gasteiger partial charge in [0, 0.05) is 11.7 Å². The number of aryl methyl sites for hydroxylation is 1. The molecule has 1 aromatic rings. The van der Waals surface area contributed by atoms with Crippen LogP contribution in [0, 0.1) is 12.8 Å². The van der Waals surface area contributed by atoms with Crippen LogP contribution in [0.5, 0.6) is 0 Å². The van der Waals surface area contributed by atoms with Crippen LogP contribution in [0.4, 0.5) is 5.69 Å². The Morgan fingerprint density at radius 1 is 1.41 bits per heavy atom. The Bertz CT molecular complexity index is 399. The number of amides is 1. The van der Waals surface area contributed by atoms with E-state index >= 15 is 0 Å². The van der Waals surface area contributed by atoms with Crippen molar-refractivity contribution in [3.63, 3.8) is 0 Å². The predicted octanol–water partition coefficient (Wildman–Crippen LogP) is 2.32. The summed E-state index contributed by atoms with van der Waals surface area (Å²) in [4.78, 5) is 11.7. The van der Waals surface area contributed by atoms with Gasteiger partial charge in [0.1, 0.15) is 0 Å². The maximum Gasteiger partial charge on any atom is 0.238 e. The molecule has 0 heterocycles. The fourth-order valence-corrected chi connectivity index (χ4v) is 1.92. The quantitative estimate of drug-likeness (QED) is 0.818. The van der Waals surface area contributed by atoms with Crippen molar-refractivity contribution >= 4 is 11.6 Å². The van der Waals surface area contributed by atoms with Gasteiger partial charge in [0.25, 0.3) is 0 Å². The standard InChI is InChI=1S/C14H20N2O/c1-10-5-3-4-6-13(10)16-14(17)9-15-11(2)12-7-8-12/h3-6,11-12,15H,7-9H2,1-2H3,(H,16,17). The first kappa shape index (κ1) is 12.1. The number of hydrogen-bond donors (Lipinski definition) is 2. The number of hydrogen-bond acceptors (Lipinski definition) is 2. The Labute approximate surface area is 103 Å². The predicted molar refractivity (Wildman–Crippen MR) is 70.0 cm³/mol. The number of benzene rings is 1. The molecule has 0 saturated heterocycles. The van der Waals surface area contributed by atoms with Crippen LogP contribution in [0.2, 0.25) is 0 Å². The van der Waals surface area contributed by atoms with Crippen molar-refractivity contribution in [3.05, 3.63) is 29.8 Å². The number of carbonyl (C=O) groups is 1. The summed E-state index contributed by atoms with van der Waals surface area (Å²) in [5, 5.41) is 6.20. The summed E-state index contributed by atoms with van der Waals surface area (Å²) in [5.74, 6) is 0.813. The first-order chi connectivity index (χ1) is 8.16. The zero-order chi connectivity index (χ0) is 12.3. The Morgan fingerprint density at radius 3 is 2.76 bits per heavy atom. The van der Waals surface area contributed by atoms with Gasteiger partial charge in [-0.2, -0.15) is 0 Å². The molecule has 1 aliphatic carbocycles. The highest BCUT2D eigenvalue weighted by Gasteiger charge is 2.27. The lowest BCUT2D eigenvalue weighted by Crippen LogP contribution is -2.35. The van der Waals surface area contributed by atoms with Crippen LogP contribution in [0.3, 0.4) is 0 Å². The highest BCUT2D eigenvalue weighted by Crippen LogP contribution is 2.32. The molecule has 92 valence electrons. The number of rotatable bonds is 5. The maximum absolute atomic E-state index is 11.7. The highest BCUT2D eigenvalue weighted by atomic mass is 16.1. The van der Waals surface area contributed by atoms with Crippen LogP contribution in [-0.4, -0.2) is 18.5 Å². The lowest BCUT2D eigenvalue weighted by atomic mass is 10.2. The lowest BCUT2D eigenvalue weighted by molar-refractivity contribution is -0.115. The van der Waals surface area contributed by atoms with E-state index in [0.29, 0.717) is 12.6 Å². The summed E-state index contributed by atoms with van der Waals surface area (Å²) in [6.07, 6.45) is 2.60. The van der Waals surface area contributed by atoms with Gasteiger partial charge in [0.15, 0.2) is 0 Å². The van der Waals surface area contributed by atoms with E-state index in [9.17, 15) is 4.79 Å². The van der Waals surface area contributed by atoms with Crippen molar-refractivity contribution in [1.82, 2.24) is 5.32 Å². The zero-order valence-corrected chi connectivity index (χ0v) is 10.5. The minimum Gasteiger partial charge on any atom is -0.325 e. The smallest absolute Gasteiger partial charge is 0.238 e. The molecule has 0 aliphatic heterocycles. The molecule has 2 N–H and O–H groups in total. The molecule has 1 aromatic carbocycles. The van der Waals surface area contributed by atoms with E-state index in [2.05, 4.69) is 17.6 Å². The first-order valence-electron chi connectivity index (χ1n) is 6.25. The summed E-state index contributed by atoms with van der Waals surface area (Å²) in [6.45, 7) is 4.54. The topological polar surface area (TPSA) is 41.1 Å². The fraction of sp³-hybridized carbons (Fsp3) is 0.500. The summed E-state index contributed by atoms with van der Waals surface area (Å²) in [7, 11) is 0. The molecule has 1 fully saturated rings. The van der Waals surface area contributed by atoms with Crippen LogP contribution in [0.15, 0.2) is 24.3 Å². The second kappa shape index (κ2) is 5.32. The zero-order valence-electron chi connectivity index (χ0n) is 10.5. The van der Waals surface area contributed by atoms with Gasteiger partial charge in [-0.3, -0.25) is 4.79 Å². The Kier molecular flexibility index (Phi) is 3.79. The van der Waals surface area contributed by atoms with E-state index < -0.39 is 0 Å². The molecule has 0 bridgehead atoms. The lowest BCUT2D eigenvalue weighted by Gasteiger charge is -2.13. The van der Waals surface area contributed by atoms with Crippen molar-refractivity contribution < 1.29 is 4.79 Å². The molecule has 0 aromatic heterocycles. The second-order valence-electron chi connectivity index (χ2n) is 4.87. The first-order valence-corrected chi connectivity index (χ1v) is 6.25. The van der Waals surface area contributed by atoms with Crippen molar-refractivity contribution in [1.29, 1.82) is 0 Å². The summed E-state index contributed by atoms with van der Waals surface area (Å²) < 4.78 is 0. The molecule has 1 atom stereocenters. The third kappa shape index (κ3) is 3.56. The Morgan fingerprint density at radius 2 is 2.12 bits per heavy atom. The molecular formula is C14H20N2O. The fourth-order valence-electron chi connectivity index (χ4n) is 1.92. The molecule has 1 amide bonds. The number of anilines is 1. The average Bonchev–Trinajstić information content (AvgIpc) is 3.13. The normalized spacial score (nSPS) is 16.6. The molecular weight excluding hydrogens is 212 g/mol. The van der Waals surface area contributed by atoms with Crippen LogP contribution < -0.4 is 10.6 Å². The molecule has 3 nitrogen and oxygen atoms in total. The van der Waals surface area contributed by atoms with E-state index in [-0.39, 0.29) is 5.91 Å². The summed E-state index contributed by atoms with van der Waals surface area (Å²) in [6, 6.07) is 8.28. The molecule has 17 heavy (non-hydrogen) atoms. The van der Waals surface area contributed by atoms with E-state index in [1.54, 1.807) is 0 Å². The SMILES string of the molecule is Cc1ccccc1NC(=O)CNC(C)C1CC1. The molecule has 0 spiro atoms. The van der Waals surface area contributed by atoms with Gasteiger partial charge >= 0.3 is 0 Å². The molecule has 0 radical (unpaired) electrons. The number of carbonyl (C=O) groups excluding carboxylic acids is 1. The minimum atomic E-state index is 0.0341. The number of para-hydroxylation sites is 1. The molecule has 2 rings (SSSR count). The molecule has 1 saturated carbocycles. The van der Waals surface area contributed by atoms with Gasteiger partial charge in [-0.25, -0.2) is 0 Å². The van der Waals surface area contributed by atoms with Crippen LogP contribution >= 0.6 is 0 Å². The van der Waals surface area contributed by atoms with E-state index in [1.165, 1.54) is 12.8 Å². The summed E-state index contributed by atoms with van der Waals surface area (Å²) >= 11 is 0. The van der Waals surface area contributed by atoms with Crippen molar-refractivity contribution in [2.45, 2.75) is 32.7 Å². The van der Waals surface area contributed by atoms with Crippen LogP contribution in [0.1, 0.15) is 25.3 Å². The van der Waals surface area contributed by atoms with Crippen molar-refractivity contribution in [3.8, 4) is 0 Å². The van der Waals surface area contributed by atoms with E-state index in [4.69, 9.17) is 0 Å². The Balaban J connectivity index is 1.78. The second-order valence-corrected chi connectivity index (χ2v) is 4.87. The highest BCUT2D eigenvalue weighted by molar-refractivity contribution is 5.92. The van der Waals surface area contributed by atoms with Crippen molar-refractivity contribution in [2.75, 3.05) is 11.9 Å². The van der Waals surface area contributed by atoms with Gasteiger partial charge in [-0.1, -0.05) is 18.2 Å². The Hall–Kier alpha value is -1.35. The number of nitrogens with one attached hydrogen (secondary N) is 2. The minimum absolute atomic E-state index is 0.0341. The van der Waals surface area contributed by atoms with Gasteiger partial charge in [0.05, 0.1) is 6.54 Å². The maximum atomic E-state index is 11.7. The third-order valence-electron chi connectivity index (χ3n) is 3.33. The third-order valence-corrected chi connectivity index (χ3v) is 3.33. The van der Waals surface area contributed by atoms with Crippen LogP contribution in [0.25, 0.3) is 0 Å². The largest absolute Gasteiger partial charge is 0.325 e. The van der Waals surface area contributed by atoms with Gasteiger partial charge in [-0.15, -0.1) is 0 Å². The molecule has 1 aliphatic rings. The molecule has 3 heteroatoms. The van der Waals surface area contributed by atoms with Crippen molar-refractivity contribution in [2.24, 2.45) is 5.92 Å². The monoisotopic (exact) mass is 232 g/mol. The van der Waals surface area contributed by atoms with Gasteiger partial charge in [-0.05, 0) is 44.2 Å². The molecule has 1 unspecified atom stereocenters. The van der Waals surface area contributed by atoms with Gasteiger partial charge in [0.2, 0.25) is 5.91 Å².